The molecule has 0 amide bonds. The molecular weight excluding hydrogens is 433 g/mol. The van der Waals surface area contributed by atoms with Gasteiger partial charge in [0.05, 0.1) is 13.2 Å². The van der Waals surface area contributed by atoms with E-state index in [1.165, 1.54) is 5.56 Å². The van der Waals surface area contributed by atoms with Crippen LogP contribution in [0.4, 0.5) is 0 Å². The van der Waals surface area contributed by atoms with Crippen molar-refractivity contribution in [3.8, 4) is 11.5 Å². The topological polar surface area (TPSA) is 64.1 Å². The predicted molar refractivity (Wildman–Crippen MR) is 111 cm³/mol. The van der Waals surface area contributed by atoms with E-state index in [0.29, 0.717) is 25.9 Å². The van der Waals surface area contributed by atoms with Crippen LogP contribution >= 0.6 is 24.0 Å². The molecule has 1 aliphatic heterocycles. The largest absolute Gasteiger partial charge is 0.454 e. The van der Waals surface area contributed by atoms with E-state index in [1.54, 1.807) is 0 Å². The van der Waals surface area contributed by atoms with Crippen LogP contribution in [0, 0.1) is 5.92 Å². The summed E-state index contributed by atoms with van der Waals surface area (Å²) in [6.07, 6.45) is 0.894. The highest BCUT2D eigenvalue weighted by Gasteiger charge is 2.12. The molecule has 7 heteroatoms. The van der Waals surface area contributed by atoms with Crippen LogP contribution in [0.3, 0.4) is 0 Å². The number of ether oxygens (including phenoxy) is 3. The summed E-state index contributed by atoms with van der Waals surface area (Å²) in [5.41, 5.74) is 1.21. The molecule has 2 rings (SSSR count). The number of hydrogen-bond acceptors (Lipinski definition) is 4. The van der Waals surface area contributed by atoms with Gasteiger partial charge >= 0.3 is 0 Å². The van der Waals surface area contributed by atoms with Crippen LogP contribution in [-0.2, 0) is 11.2 Å². The molecule has 1 aromatic carbocycles. The zero-order valence-corrected chi connectivity index (χ0v) is 17.7. The second-order valence-electron chi connectivity index (χ2n) is 6.09. The van der Waals surface area contributed by atoms with E-state index in [2.05, 4.69) is 42.5 Å². The molecule has 0 radical (unpaired) electrons. The maximum atomic E-state index is 5.55. The van der Waals surface area contributed by atoms with Crippen molar-refractivity contribution in [3.63, 3.8) is 0 Å². The normalized spacial score (nSPS) is 12.9. The van der Waals surface area contributed by atoms with Gasteiger partial charge in [0.25, 0.3) is 0 Å². The number of hydrogen-bond donors (Lipinski definition) is 2. The minimum Gasteiger partial charge on any atom is -0.454 e. The first-order valence-corrected chi connectivity index (χ1v) is 8.67. The van der Waals surface area contributed by atoms with E-state index in [9.17, 15) is 0 Å². The van der Waals surface area contributed by atoms with Gasteiger partial charge in [0.1, 0.15) is 0 Å². The van der Waals surface area contributed by atoms with Crippen LogP contribution in [0.25, 0.3) is 0 Å². The predicted octanol–water partition coefficient (Wildman–Crippen LogP) is 2.80. The average Bonchev–Trinajstić information content (AvgIpc) is 3.02. The molecular formula is C18H30IN3O3. The Labute approximate surface area is 167 Å². The van der Waals surface area contributed by atoms with Crippen molar-refractivity contribution in [2.45, 2.75) is 27.2 Å². The summed E-state index contributed by atoms with van der Waals surface area (Å²) in [6.45, 7) is 10.4. The van der Waals surface area contributed by atoms with E-state index in [-0.39, 0.29) is 24.0 Å². The van der Waals surface area contributed by atoms with Crippen molar-refractivity contribution < 1.29 is 14.2 Å². The van der Waals surface area contributed by atoms with E-state index < -0.39 is 0 Å². The Bertz CT molecular complexity index is 538. The van der Waals surface area contributed by atoms with E-state index >= 15 is 0 Å². The van der Waals surface area contributed by atoms with Gasteiger partial charge in [-0.2, -0.15) is 0 Å². The Kier molecular flexibility index (Phi) is 10.6. The van der Waals surface area contributed by atoms with Crippen LogP contribution in [-0.4, -0.2) is 45.6 Å². The van der Waals surface area contributed by atoms with Gasteiger partial charge in [-0.05, 0) is 37.0 Å². The molecule has 0 bridgehead atoms. The summed E-state index contributed by atoms with van der Waals surface area (Å²) in [4.78, 5) is 4.52. The van der Waals surface area contributed by atoms with Crippen LogP contribution in [0.2, 0.25) is 0 Å². The second kappa shape index (κ2) is 12.2. The van der Waals surface area contributed by atoms with E-state index in [1.807, 2.05) is 12.1 Å². The van der Waals surface area contributed by atoms with Crippen molar-refractivity contribution in [2.75, 3.05) is 39.6 Å². The Morgan fingerprint density at radius 3 is 2.80 bits per heavy atom. The van der Waals surface area contributed by atoms with Gasteiger partial charge in [0.2, 0.25) is 6.79 Å². The van der Waals surface area contributed by atoms with Gasteiger partial charge in [-0.25, -0.2) is 0 Å². The van der Waals surface area contributed by atoms with Crippen LogP contribution in [0.15, 0.2) is 23.2 Å². The molecule has 0 fully saturated rings. The molecule has 0 saturated carbocycles. The molecule has 0 aromatic heterocycles. The van der Waals surface area contributed by atoms with E-state index in [4.69, 9.17) is 14.2 Å². The van der Waals surface area contributed by atoms with Crippen LogP contribution in [0.1, 0.15) is 26.3 Å². The number of rotatable bonds is 9. The lowest BCUT2D eigenvalue weighted by Crippen LogP contribution is -2.38. The van der Waals surface area contributed by atoms with Crippen LogP contribution < -0.4 is 20.1 Å². The van der Waals surface area contributed by atoms with Gasteiger partial charge in [-0.15, -0.1) is 24.0 Å². The Hall–Kier alpha value is -1.22. The van der Waals surface area contributed by atoms with Crippen molar-refractivity contribution in [2.24, 2.45) is 10.9 Å². The first kappa shape index (κ1) is 21.8. The highest BCUT2D eigenvalue weighted by atomic mass is 127. The first-order chi connectivity index (χ1) is 11.7. The molecule has 0 atom stereocenters. The van der Waals surface area contributed by atoms with Crippen molar-refractivity contribution in [1.29, 1.82) is 0 Å². The minimum absolute atomic E-state index is 0. The fraction of sp³-hybridized carbons (Fsp3) is 0.611. The highest BCUT2D eigenvalue weighted by Crippen LogP contribution is 2.32. The summed E-state index contributed by atoms with van der Waals surface area (Å²) in [6, 6.07) is 6.07. The molecule has 25 heavy (non-hydrogen) atoms. The molecule has 1 aromatic rings. The van der Waals surface area contributed by atoms with Crippen LogP contribution in [0.5, 0.6) is 11.5 Å². The fourth-order valence-corrected chi connectivity index (χ4v) is 2.30. The first-order valence-electron chi connectivity index (χ1n) is 8.67. The molecule has 1 aliphatic rings. The lowest BCUT2D eigenvalue weighted by atomic mass is 10.1. The molecule has 1 heterocycles. The number of halogens is 1. The van der Waals surface area contributed by atoms with Gasteiger partial charge in [-0.3, -0.25) is 4.99 Å². The number of nitrogens with one attached hydrogen (secondary N) is 2. The Morgan fingerprint density at radius 1 is 1.24 bits per heavy atom. The fourth-order valence-electron chi connectivity index (χ4n) is 2.30. The van der Waals surface area contributed by atoms with Crippen molar-refractivity contribution in [3.05, 3.63) is 23.8 Å². The number of aliphatic imine (C=N–C) groups is 1. The van der Waals surface area contributed by atoms with Gasteiger partial charge in [0.15, 0.2) is 17.5 Å². The zero-order valence-electron chi connectivity index (χ0n) is 15.3. The average molecular weight is 463 g/mol. The Morgan fingerprint density at radius 2 is 2.04 bits per heavy atom. The second-order valence-corrected chi connectivity index (χ2v) is 6.09. The number of nitrogens with zero attached hydrogens (tertiary/aromatic N) is 1. The summed E-state index contributed by atoms with van der Waals surface area (Å²) in [5.74, 6) is 3.03. The smallest absolute Gasteiger partial charge is 0.231 e. The molecule has 142 valence electrons. The zero-order chi connectivity index (χ0) is 17.2. The maximum Gasteiger partial charge on any atom is 0.231 e. The number of guanidine groups is 1. The molecule has 0 spiro atoms. The number of fused-ring (bicyclic) bond motifs is 1. The third kappa shape index (κ3) is 8.13. The third-order valence-electron chi connectivity index (χ3n) is 3.44. The SMILES string of the molecule is CCNC(=NCCOCC(C)C)NCCc1ccc2c(c1)OCO2.I. The molecule has 0 unspecified atom stereocenters. The molecule has 2 N–H and O–H groups in total. The van der Waals surface area contributed by atoms with E-state index in [0.717, 1.165) is 43.6 Å². The molecule has 0 saturated heterocycles. The quantitative estimate of drug-likeness (QED) is 0.255. The monoisotopic (exact) mass is 463 g/mol. The van der Waals surface area contributed by atoms with Gasteiger partial charge < -0.3 is 24.8 Å². The summed E-state index contributed by atoms with van der Waals surface area (Å²) < 4.78 is 16.3. The summed E-state index contributed by atoms with van der Waals surface area (Å²) in [5, 5.41) is 6.60. The van der Waals surface area contributed by atoms with Crippen molar-refractivity contribution in [1.82, 2.24) is 10.6 Å². The highest BCUT2D eigenvalue weighted by molar-refractivity contribution is 14.0. The summed E-state index contributed by atoms with van der Waals surface area (Å²) >= 11 is 0. The van der Waals surface area contributed by atoms with Gasteiger partial charge in [-0.1, -0.05) is 19.9 Å². The minimum atomic E-state index is 0. The molecule has 0 aliphatic carbocycles. The van der Waals surface area contributed by atoms with Gasteiger partial charge in [0, 0.05) is 19.7 Å². The van der Waals surface area contributed by atoms with Crippen molar-refractivity contribution >= 4 is 29.9 Å². The number of benzene rings is 1. The third-order valence-corrected chi connectivity index (χ3v) is 3.44. The maximum absolute atomic E-state index is 5.55. The lowest BCUT2D eigenvalue weighted by molar-refractivity contribution is 0.117. The standard InChI is InChI=1S/C18H29N3O3.HI/c1-4-19-18(21-9-10-22-12-14(2)3)20-8-7-15-5-6-16-17(11-15)24-13-23-16;/h5-6,11,14H,4,7-10,12-13H2,1-3H3,(H2,19,20,21);1H. The Balaban J connectivity index is 0.00000312. The lowest BCUT2D eigenvalue weighted by Gasteiger charge is -2.12. The molecule has 6 nitrogen and oxygen atoms in total. The summed E-state index contributed by atoms with van der Waals surface area (Å²) in [7, 11) is 0.